The van der Waals surface area contributed by atoms with Crippen LogP contribution in [0.4, 0.5) is 4.79 Å². The molecule has 0 saturated carbocycles. The summed E-state index contributed by atoms with van der Waals surface area (Å²) in [5.74, 6) is 1.57. The minimum atomic E-state index is -0.900. The van der Waals surface area contributed by atoms with Gasteiger partial charge < -0.3 is 25.7 Å². The Kier molecular flexibility index (Phi) is 8.50. The molecule has 2 aliphatic heterocycles. The van der Waals surface area contributed by atoms with Crippen LogP contribution in [0.5, 0.6) is 0 Å². The van der Waals surface area contributed by atoms with Gasteiger partial charge in [-0.05, 0) is 59.3 Å². The first kappa shape index (κ1) is 31.5. The SMILES string of the molecule is CC(C)C(N)C(=O)N1CCCC1c1ncc(-c2ccc(-c3ccc(-c4cnc(C5CCC(C(C)(C)C)N5C(=O)O)[nH]4)cc3)cc2)[nH]1. The summed E-state index contributed by atoms with van der Waals surface area (Å²) in [6.07, 6.45) is 6.11. The number of hydrogen-bond donors (Lipinski definition) is 4. The third kappa shape index (κ3) is 6.06. The second-order valence-corrected chi connectivity index (χ2v) is 14.1. The summed E-state index contributed by atoms with van der Waals surface area (Å²) in [4.78, 5) is 44.7. The number of rotatable bonds is 7. The fourth-order valence-corrected chi connectivity index (χ4v) is 6.98. The van der Waals surface area contributed by atoms with Gasteiger partial charge in [-0.1, -0.05) is 83.1 Å². The van der Waals surface area contributed by atoms with Gasteiger partial charge in [-0.15, -0.1) is 0 Å². The maximum absolute atomic E-state index is 13.0. The Morgan fingerprint density at radius 3 is 1.80 bits per heavy atom. The molecular formula is C36H45N7O3. The average molecular weight is 624 g/mol. The Morgan fingerprint density at radius 1 is 0.826 bits per heavy atom. The van der Waals surface area contributed by atoms with Crippen LogP contribution >= 0.6 is 0 Å². The number of carbonyl (C=O) groups excluding carboxylic acids is 1. The molecule has 0 spiro atoms. The van der Waals surface area contributed by atoms with E-state index in [1.807, 2.05) is 24.9 Å². The third-order valence-corrected chi connectivity index (χ3v) is 9.69. The molecule has 46 heavy (non-hydrogen) atoms. The van der Waals surface area contributed by atoms with Crippen LogP contribution in [-0.4, -0.2) is 65.5 Å². The van der Waals surface area contributed by atoms with Gasteiger partial charge in [0.2, 0.25) is 5.91 Å². The molecule has 242 valence electrons. The van der Waals surface area contributed by atoms with Crippen LogP contribution in [0, 0.1) is 11.3 Å². The Morgan fingerprint density at radius 2 is 1.33 bits per heavy atom. The van der Waals surface area contributed by atoms with E-state index in [4.69, 9.17) is 5.73 Å². The summed E-state index contributed by atoms with van der Waals surface area (Å²) >= 11 is 0. The zero-order chi connectivity index (χ0) is 32.7. The van der Waals surface area contributed by atoms with E-state index in [2.05, 4.69) is 89.2 Å². The quantitative estimate of drug-likeness (QED) is 0.174. The summed E-state index contributed by atoms with van der Waals surface area (Å²) in [6.45, 7) is 10.9. The van der Waals surface area contributed by atoms with Gasteiger partial charge in [0.1, 0.15) is 11.6 Å². The van der Waals surface area contributed by atoms with Crippen molar-refractivity contribution in [2.24, 2.45) is 17.1 Å². The van der Waals surface area contributed by atoms with E-state index >= 15 is 0 Å². The Labute approximate surface area is 270 Å². The molecular weight excluding hydrogens is 578 g/mol. The number of H-pyrrole nitrogens is 2. The van der Waals surface area contributed by atoms with E-state index in [-0.39, 0.29) is 35.4 Å². The lowest BCUT2D eigenvalue weighted by molar-refractivity contribution is -0.134. The summed E-state index contributed by atoms with van der Waals surface area (Å²) < 4.78 is 0. The summed E-state index contributed by atoms with van der Waals surface area (Å²) in [5.41, 5.74) is 12.0. The zero-order valence-electron chi connectivity index (χ0n) is 27.3. The molecule has 0 bridgehead atoms. The van der Waals surface area contributed by atoms with Crippen LogP contribution in [0.3, 0.4) is 0 Å². The molecule has 4 aromatic rings. The molecule has 2 aromatic heterocycles. The first-order valence-electron chi connectivity index (χ1n) is 16.3. The van der Waals surface area contributed by atoms with E-state index in [9.17, 15) is 14.7 Å². The summed E-state index contributed by atoms with van der Waals surface area (Å²) in [7, 11) is 0. The molecule has 4 heterocycles. The standard InChI is InChI=1S/C36H45N7O3/c1-21(2)31(37)34(44)42-18-6-7-28(42)32-38-19-26(40-32)24-12-8-22(9-13-24)23-10-14-25(15-11-23)27-20-39-33(41-27)29-16-17-30(36(3,4)5)43(29)35(45)46/h8-15,19-21,28-31H,6-7,16-18,37H2,1-5H3,(H,38,40)(H,39,41)(H,45,46). The van der Waals surface area contributed by atoms with Crippen molar-refractivity contribution < 1.29 is 14.7 Å². The molecule has 2 fully saturated rings. The van der Waals surface area contributed by atoms with Crippen molar-refractivity contribution in [2.45, 2.75) is 84.5 Å². The fraction of sp³-hybridized carbons (Fsp3) is 0.444. The number of carboxylic acid groups (broad SMARTS) is 1. The fourth-order valence-electron chi connectivity index (χ4n) is 6.98. The Bertz CT molecular complexity index is 1680. The van der Waals surface area contributed by atoms with Gasteiger partial charge in [0.05, 0.1) is 41.9 Å². The average Bonchev–Trinajstić information content (AvgIpc) is 3.85. The monoisotopic (exact) mass is 623 g/mol. The third-order valence-electron chi connectivity index (χ3n) is 9.69. The van der Waals surface area contributed by atoms with E-state index in [1.165, 1.54) is 0 Å². The minimum absolute atomic E-state index is 0.00771. The number of likely N-dealkylation sites (tertiary alicyclic amines) is 2. The number of nitrogens with zero attached hydrogens (tertiary/aromatic N) is 4. The van der Waals surface area contributed by atoms with Crippen molar-refractivity contribution >= 4 is 12.0 Å². The van der Waals surface area contributed by atoms with Gasteiger partial charge in [-0.25, -0.2) is 14.8 Å². The van der Waals surface area contributed by atoms with E-state index in [0.29, 0.717) is 12.4 Å². The number of nitrogens with two attached hydrogens (primary N) is 1. The van der Waals surface area contributed by atoms with Gasteiger partial charge in [-0.3, -0.25) is 9.69 Å². The normalized spacial score (nSPS) is 20.9. The van der Waals surface area contributed by atoms with Crippen molar-refractivity contribution in [1.29, 1.82) is 0 Å². The lowest BCUT2D eigenvalue weighted by atomic mass is 9.85. The van der Waals surface area contributed by atoms with E-state index in [0.717, 1.165) is 65.1 Å². The highest BCUT2D eigenvalue weighted by atomic mass is 16.4. The second kappa shape index (κ2) is 12.4. The van der Waals surface area contributed by atoms with E-state index < -0.39 is 12.1 Å². The van der Waals surface area contributed by atoms with Crippen molar-refractivity contribution in [1.82, 2.24) is 29.7 Å². The molecule has 10 nitrogen and oxygen atoms in total. The maximum Gasteiger partial charge on any atom is 0.408 e. The van der Waals surface area contributed by atoms with Crippen molar-refractivity contribution in [3.63, 3.8) is 0 Å². The molecule has 4 atom stereocenters. The maximum atomic E-state index is 13.0. The smallest absolute Gasteiger partial charge is 0.408 e. The Balaban J connectivity index is 1.13. The first-order valence-corrected chi connectivity index (χ1v) is 16.3. The lowest BCUT2D eigenvalue weighted by Crippen LogP contribution is -2.46. The van der Waals surface area contributed by atoms with Gasteiger partial charge in [0.25, 0.3) is 0 Å². The molecule has 10 heteroatoms. The van der Waals surface area contributed by atoms with Crippen LogP contribution in [0.2, 0.25) is 0 Å². The highest BCUT2D eigenvalue weighted by Gasteiger charge is 2.44. The number of carbonyl (C=O) groups is 2. The molecule has 2 amide bonds. The second-order valence-electron chi connectivity index (χ2n) is 14.1. The molecule has 2 saturated heterocycles. The van der Waals surface area contributed by atoms with Crippen molar-refractivity contribution in [3.8, 4) is 33.6 Å². The van der Waals surface area contributed by atoms with Crippen molar-refractivity contribution in [3.05, 3.63) is 72.6 Å². The molecule has 6 rings (SSSR count). The molecule has 4 unspecified atom stereocenters. The van der Waals surface area contributed by atoms with Gasteiger partial charge in [-0.2, -0.15) is 0 Å². The van der Waals surface area contributed by atoms with Crippen molar-refractivity contribution in [2.75, 3.05) is 6.54 Å². The number of amides is 2. The van der Waals surface area contributed by atoms with Gasteiger partial charge >= 0.3 is 6.09 Å². The summed E-state index contributed by atoms with van der Waals surface area (Å²) in [6, 6.07) is 15.7. The van der Waals surface area contributed by atoms with Crippen LogP contribution < -0.4 is 5.73 Å². The molecule has 5 N–H and O–H groups in total. The highest BCUT2D eigenvalue weighted by molar-refractivity contribution is 5.82. The van der Waals surface area contributed by atoms with Gasteiger partial charge in [0, 0.05) is 12.6 Å². The number of imidazole rings is 2. The minimum Gasteiger partial charge on any atom is -0.465 e. The van der Waals surface area contributed by atoms with Gasteiger partial charge in [0.15, 0.2) is 0 Å². The number of hydrogen-bond acceptors (Lipinski definition) is 5. The Hall–Kier alpha value is -4.44. The summed E-state index contributed by atoms with van der Waals surface area (Å²) in [5, 5.41) is 9.99. The largest absolute Gasteiger partial charge is 0.465 e. The predicted molar refractivity (Wildman–Crippen MR) is 179 cm³/mol. The lowest BCUT2D eigenvalue weighted by Gasteiger charge is -2.35. The molecule has 0 aliphatic carbocycles. The van der Waals surface area contributed by atoms with Crippen LogP contribution in [-0.2, 0) is 4.79 Å². The molecule has 2 aliphatic rings. The topological polar surface area (TPSA) is 144 Å². The number of aromatic nitrogens is 4. The zero-order valence-corrected chi connectivity index (χ0v) is 27.3. The van der Waals surface area contributed by atoms with Crippen LogP contribution in [0.25, 0.3) is 33.6 Å². The number of benzene rings is 2. The number of aromatic amines is 2. The first-order chi connectivity index (χ1) is 21.9. The highest BCUT2D eigenvalue weighted by Crippen LogP contribution is 2.42. The number of nitrogens with one attached hydrogen (secondary N) is 2. The van der Waals surface area contributed by atoms with Crippen LogP contribution in [0.1, 0.15) is 84.0 Å². The predicted octanol–water partition coefficient (Wildman–Crippen LogP) is 7.01. The van der Waals surface area contributed by atoms with E-state index in [1.54, 1.807) is 11.1 Å². The molecule has 2 aromatic carbocycles. The van der Waals surface area contributed by atoms with Crippen LogP contribution in [0.15, 0.2) is 60.9 Å². The molecule has 0 radical (unpaired) electrons.